The Hall–Kier alpha value is -3.08. The van der Waals surface area contributed by atoms with Crippen LogP contribution in [0.2, 0.25) is 0 Å². The molecule has 1 aromatic heterocycles. The Kier molecular flexibility index (Phi) is 6.63. The van der Waals surface area contributed by atoms with Gasteiger partial charge < -0.3 is 15.2 Å². The van der Waals surface area contributed by atoms with Crippen LogP contribution in [0.5, 0.6) is 11.5 Å². The van der Waals surface area contributed by atoms with E-state index in [0.29, 0.717) is 12.5 Å². The largest absolute Gasteiger partial charge is 0.508 e. The normalized spacial score (nSPS) is 10.6. The lowest BCUT2D eigenvalue weighted by Crippen LogP contribution is -2.08. The van der Waals surface area contributed by atoms with Gasteiger partial charge in [-0.15, -0.1) is 0 Å². The standard InChI is InChI=1S/C22H25N3O2/c1-2-3-15-27-20-6-4-5-18(16-20)21-12-14-24-22(25-21)23-13-11-17-7-9-19(26)10-8-17/h4-10,12,14,16,26H,2-3,11,13,15H2,1H3,(H,23,24,25). The molecular formula is C22H25N3O2. The van der Waals surface area contributed by atoms with Gasteiger partial charge >= 0.3 is 0 Å². The molecule has 0 spiro atoms. The molecule has 0 atom stereocenters. The Morgan fingerprint density at radius 3 is 2.74 bits per heavy atom. The number of nitrogens with zero attached hydrogens (tertiary/aromatic N) is 2. The van der Waals surface area contributed by atoms with Crippen molar-refractivity contribution < 1.29 is 9.84 Å². The molecule has 3 rings (SSSR count). The van der Waals surface area contributed by atoms with Crippen LogP contribution in [0.3, 0.4) is 0 Å². The quantitative estimate of drug-likeness (QED) is 0.540. The van der Waals surface area contributed by atoms with Crippen molar-refractivity contribution in [3.05, 3.63) is 66.4 Å². The molecule has 5 heteroatoms. The molecule has 0 radical (unpaired) electrons. The summed E-state index contributed by atoms with van der Waals surface area (Å²) in [6.45, 7) is 3.60. The lowest BCUT2D eigenvalue weighted by atomic mass is 10.1. The van der Waals surface area contributed by atoms with E-state index in [1.54, 1.807) is 18.3 Å². The highest BCUT2D eigenvalue weighted by molar-refractivity contribution is 5.61. The number of hydrogen-bond acceptors (Lipinski definition) is 5. The molecule has 0 saturated carbocycles. The Morgan fingerprint density at radius 2 is 1.93 bits per heavy atom. The zero-order valence-electron chi connectivity index (χ0n) is 15.6. The molecule has 0 aliphatic carbocycles. The maximum atomic E-state index is 9.33. The molecule has 0 unspecified atom stereocenters. The lowest BCUT2D eigenvalue weighted by molar-refractivity contribution is 0.309. The van der Waals surface area contributed by atoms with Crippen molar-refractivity contribution in [3.8, 4) is 22.8 Å². The molecule has 2 aromatic carbocycles. The van der Waals surface area contributed by atoms with Crippen molar-refractivity contribution in [3.63, 3.8) is 0 Å². The Morgan fingerprint density at radius 1 is 1.07 bits per heavy atom. The fourth-order valence-corrected chi connectivity index (χ4v) is 2.67. The van der Waals surface area contributed by atoms with Crippen LogP contribution >= 0.6 is 0 Å². The van der Waals surface area contributed by atoms with E-state index in [9.17, 15) is 5.11 Å². The number of anilines is 1. The Balaban J connectivity index is 1.61. The summed E-state index contributed by atoms with van der Waals surface area (Å²) in [7, 11) is 0. The van der Waals surface area contributed by atoms with E-state index >= 15 is 0 Å². The summed E-state index contributed by atoms with van der Waals surface area (Å²) in [6, 6.07) is 17.1. The summed E-state index contributed by atoms with van der Waals surface area (Å²) in [5, 5.41) is 12.6. The molecule has 1 heterocycles. The minimum absolute atomic E-state index is 0.281. The van der Waals surface area contributed by atoms with Crippen LogP contribution in [-0.4, -0.2) is 28.2 Å². The first-order valence-corrected chi connectivity index (χ1v) is 9.32. The minimum atomic E-state index is 0.281. The van der Waals surface area contributed by atoms with Crippen molar-refractivity contribution in [2.24, 2.45) is 0 Å². The van der Waals surface area contributed by atoms with Gasteiger partial charge in [0.1, 0.15) is 11.5 Å². The van der Waals surface area contributed by atoms with Gasteiger partial charge in [-0.3, -0.25) is 0 Å². The molecule has 3 aromatic rings. The van der Waals surface area contributed by atoms with Crippen LogP contribution in [0.1, 0.15) is 25.3 Å². The summed E-state index contributed by atoms with van der Waals surface area (Å²) >= 11 is 0. The fraction of sp³-hybridized carbons (Fsp3) is 0.273. The topological polar surface area (TPSA) is 67.3 Å². The van der Waals surface area contributed by atoms with Gasteiger partial charge in [0.25, 0.3) is 0 Å². The maximum absolute atomic E-state index is 9.33. The lowest BCUT2D eigenvalue weighted by Gasteiger charge is -2.09. The molecule has 2 N–H and O–H groups in total. The minimum Gasteiger partial charge on any atom is -0.508 e. The van der Waals surface area contributed by atoms with E-state index in [0.717, 1.165) is 48.4 Å². The molecule has 140 valence electrons. The second-order valence-corrected chi connectivity index (χ2v) is 6.34. The monoisotopic (exact) mass is 363 g/mol. The molecule has 0 aliphatic rings. The summed E-state index contributed by atoms with van der Waals surface area (Å²) in [4.78, 5) is 8.91. The molecular weight excluding hydrogens is 338 g/mol. The van der Waals surface area contributed by atoms with Crippen LogP contribution < -0.4 is 10.1 Å². The molecule has 0 fully saturated rings. The van der Waals surface area contributed by atoms with E-state index in [1.807, 2.05) is 42.5 Å². The van der Waals surface area contributed by atoms with Gasteiger partial charge in [0.05, 0.1) is 12.3 Å². The smallest absolute Gasteiger partial charge is 0.223 e. The van der Waals surface area contributed by atoms with Gasteiger partial charge in [-0.05, 0) is 48.7 Å². The van der Waals surface area contributed by atoms with E-state index < -0.39 is 0 Å². The zero-order valence-corrected chi connectivity index (χ0v) is 15.6. The van der Waals surface area contributed by atoms with Gasteiger partial charge in [0.2, 0.25) is 5.95 Å². The third kappa shape index (κ3) is 5.71. The van der Waals surface area contributed by atoms with Crippen LogP contribution in [-0.2, 0) is 6.42 Å². The molecule has 0 amide bonds. The predicted octanol–water partition coefficient (Wildman–Crippen LogP) is 4.68. The average molecular weight is 363 g/mol. The van der Waals surface area contributed by atoms with E-state index in [1.165, 1.54) is 0 Å². The zero-order chi connectivity index (χ0) is 18.9. The van der Waals surface area contributed by atoms with E-state index in [4.69, 9.17) is 4.74 Å². The predicted molar refractivity (Wildman–Crippen MR) is 108 cm³/mol. The number of benzene rings is 2. The summed E-state index contributed by atoms with van der Waals surface area (Å²) in [5.74, 6) is 1.74. The molecule has 0 saturated heterocycles. The van der Waals surface area contributed by atoms with Gasteiger partial charge in [-0.1, -0.05) is 37.6 Å². The number of hydrogen-bond donors (Lipinski definition) is 2. The van der Waals surface area contributed by atoms with Gasteiger partial charge in [-0.2, -0.15) is 0 Å². The van der Waals surface area contributed by atoms with Crippen LogP contribution in [0.15, 0.2) is 60.8 Å². The third-order valence-electron chi connectivity index (χ3n) is 4.19. The highest BCUT2D eigenvalue weighted by Gasteiger charge is 2.04. The number of nitrogens with one attached hydrogen (secondary N) is 1. The van der Waals surface area contributed by atoms with Crippen molar-refractivity contribution in [2.45, 2.75) is 26.2 Å². The molecule has 0 bridgehead atoms. The van der Waals surface area contributed by atoms with Gasteiger partial charge in [0, 0.05) is 18.3 Å². The summed E-state index contributed by atoms with van der Waals surface area (Å²) < 4.78 is 5.78. The first-order valence-electron chi connectivity index (χ1n) is 9.32. The fourth-order valence-electron chi connectivity index (χ4n) is 2.67. The van der Waals surface area contributed by atoms with E-state index in [-0.39, 0.29) is 5.75 Å². The summed E-state index contributed by atoms with van der Waals surface area (Å²) in [5.41, 5.74) is 3.01. The van der Waals surface area contributed by atoms with Crippen LogP contribution in [0.25, 0.3) is 11.3 Å². The highest BCUT2D eigenvalue weighted by Crippen LogP contribution is 2.23. The van der Waals surface area contributed by atoms with Crippen molar-refractivity contribution in [1.29, 1.82) is 0 Å². The molecule has 27 heavy (non-hydrogen) atoms. The van der Waals surface area contributed by atoms with Crippen molar-refractivity contribution >= 4 is 5.95 Å². The average Bonchev–Trinajstić information content (AvgIpc) is 2.70. The first kappa shape index (κ1) is 18.7. The van der Waals surface area contributed by atoms with Crippen LogP contribution in [0, 0.1) is 0 Å². The van der Waals surface area contributed by atoms with Gasteiger partial charge in [0.15, 0.2) is 0 Å². The number of phenols is 1. The molecule has 0 aliphatic heterocycles. The second-order valence-electron chi connectivity index (χ2n) is 6.34. The number of phenolic OH excluding ortho intramolecular Hbond substituents is 1. The third-order valence-corrected chi connectivity index (χ3v) is 4.19. The second kappa shape index (κ2) is 9.57. The number of aromatic hydroxyl groups is 1. The first-order chi connectivity index (χ1) is 13.2. The number of rotatable bonds is 9. The SMILES string of the molecule is CCCCOc1cccc(-c2ccnc(NCCc3ccc(O)cc3)n2)c1. The molecule has 5 nitrogen and oxygen atoms in total. The highest BCUT2D eigenvalue weighted by atomic mass is 16.5. The van der Waals surface area contributed by atoms with Crippen molar-refractivity contribution in [2.75, 3.05) is 18.5 Å². The number of ether oxygens (including phenoxy) is 1. The van der Waals surface area contributed by atoms with Crippen LogP contribution in [0.4, 0.5) is 5.95 Å². The number of unbranched alkanes of at least 4 members (excludes halogenated alkanes) is 1. The number of aromatic nitrogens is 2. The van der Waals surface area contributed by atoms with E-state index in [2.05, 4.69) is 22.2 Å². The van der Waals surface area contributed by atoms with Gasteiger partial charge in [-0.25, -0.2) is 9.97 Å². The Bertz CT molecular complexity index is 850. The van der Waals surface area contributed by atoms with Crippen molar-refractivity contribution in [1.82, 2.24) is 9.97 Å². The summed E-state index contributed by atoms with van der Waals surface area (Å²) in [6.07, 6.45) is 4.75. The Labute approximate surface area is 160 Å². The maximum Gasteiger partial charge on any atom is 0.223 e.